The van der Waals surface area contributed by atoms with Crippen molar-refractivity contribution in [2.75, 3.05) is 64.9 Å². The molecule has 0 atom stereocenters. The van der Waals surface area contributed by atoms with Gasteiger partial charge in [-0.15, -0.1) is 24.0 Å². The van der Waals surface area contributed by atoms with Crippen molar-refractivity contribution in [2.45, 2.75) is 33.7 Å². The third-order valence-electron chi connectivity index (χ3n) is 4.33. The number of ether oxygens (including phenoxy) is 1. The fraction of sp³-hybridized carbons (Fsp3) is 0.700. The Morgan fingerprint density at radius 2 is 1.89 bits per heavy atom. The first-order valence-corrected chi connectivity index (χ1v) is 10.0. The molecule has 2 N–H and O–H groups in total. The largest absolute Gasteiger partial charge is 0.385 e. The van der Waals surface area contributed by atoms with Crippen LogP contribution in [0.1, 0.15) is 32.8 Å². The van der Waals surface area contributed by atoms with Crippen LogP contribution >= 0.6 is 24.0 Å². The molecule has 0 radical (unpaired) electrons. The van der Waals surface area contributed by atoms with Crippen LogP contribution in [0.15, 0.2) is 23.3 Å². The molecule has 28 heavy (non-hydrogen) atoms. The van der Waals surface area contributed by atoms with Crippen LogP contribution in [0.5, 0.6) is 0 Å². The first-order chi connectivity index (χ1) is 13.1. The van der Waals surface area contributed by atoms with Crippen LogP contribution in [0.3, 0.4) is 0 Å². The first-order valence-electron chi connectivity index (χ1n) is 10.0. The standard InChI is InChI=1S/C20H38N6O.HI/c1-6-21-20(22-12-14-25(4)13-9-15-27-5)24-17-18-10-11-19(23-16-18)26(7-2)8-3;/h10-11,16H,6-9,12-15,17H2,1-5H3,(H2,21,22,24);1H. The predicted molar refractivity (Wildman–Crippen MR) is 130 cm³/mol. The summed E-state index contributed by atoms with van der Waals surface area (Å²) in [6.07, 6.45) is 2.97. The third kappa shape index (κ3) is 11.0. The highest BCUT2D eigenvalue weighted by molar-refractivity contribution is 14.0. The van der Waals surface area contributed by atoms with Crippen LogP contribution in [-0.4, -0.2) is 75.9 Å². The normalized spacial score (nSPS) is 11.3. The summed E-state index contributed by atoms with van der Waals surface area (Å²) in [6, 6.07) is 4.18. The van der Waals surface area contributed by atoms with Crippen LogP contribution in [-0.2, 0) is 11.3 Å². The molecule has 1 aromatic heterocycles. The highest BCUT2D eigenvalue weighted by Crippen LogP contribution is 2.11. The number of methoxy groups -OCH3 is 1. The van der Waals surface area contributed by atoms with Gasteiger partial charge in [-0.1, -0.05) is 6.07 Å². The molecule has 0 saturated heterocycles. The van der Waals surface area contributed by atoms with Crippen LogP contribution in [0.4, 0.5) is 5.82 Å². The molecule has 0 aliphatic carbocycles. The lowest BCUT2D eigenvalue weighted by molar-refractivity contribution is 0.180. The van der Waals surface area contributed by atoms with Gasteiger partial charge in [0.05, 0.1) is 6.54 Å². The summed E-state index contributed by atoms with van der Waals surface area (Å²) in [5.74, 6) is 1.87. The monoisotopic (exact) mass is 506 g/mol. The zero-order valence-electron chi connectivity index (χ0n) is 18.2. The molecule has 0 aliphatic rings. The maximum Gasteiger partial charge on any atom is 0.191 e. The van der Waals surface area contributed by atoms with Crippen molar-refractivity contribution in [3.05, 3.63) is 23.9 Å². The summed E-state index contributed by atoms with van der Waals surface area (Å²) in [4.78, 5) is 13.8. The van der Waals surface area contributed by atoms with Crippen molar-refractivity contribution in [2.24, 2.45) is 4.99 Å². The maximum absolute atomic E-state index is 5.09. The summed E-state index contributed by atoms with van der Waals surface area (Å²) in [5, 5.41) is 6.70. The van der Waals surface area contributed by atoms with E-state index in [0.29, 0.717) is 6.54 Å². The SMILES string of the molecule is CCNC(=NCc1ccc(N(CC)CC)nc1)NCCN(C)CCCOC.I. The second-order valence-electron chi connectivity index (χ2n) is 6.47. The van der Waals surface area contributed by atoms with E-state index in [0.717, 1.165) is 69.6 Å². The quantitative estimate of drug-likeness (QED) is 0.186. The number of likely N-dealkylation sites (N-methyl/N-ethyl adjacent to an activating group) is 1. The van der Waals surface area contributed by atoms with E-state index in [9.17, 15) is 0 Å². The number of aliphatic imine (C=N–C) groups is 1. The number of halogens is 1. The van der Waals surface area contributed by atoms with Gasteiger partial charge in [-0.05, 0) is 45.9 Å². The molecule has 0 saturated carbocycles. The van der Waals surface area contributed by atoms with E-state index in [1.807, 2.05) is 6.20 Å². The lowest BCUT2D eigenvalue weighted by Gasteiger charge is -2.19. The van der Waals surface area contributed by atoms with Gasteiger partial charge in [-0.3, -0.25) is 0 Å². The lowest BCUT2D eigenvalue weighted by atomic mass is 10.3. The van der Waals surface area contributed by atoms with Crippen molar-refractivity contribution < 1.29 is 4.74 Å². The van der Waals surface area contributed by atoms with Crippen LogP contribution < -0.4 is 15.5 Å². The first kappa shape index (κ1) is 26.9. The average molecular weight is 506 g/mol. The Hall–Kier alpha value is -1.13. The van der Waals surface area contributed by atoms with E-state index in [4.69, 9.17) is 4.74 Å². The number of pyridine rings is 1. The number of guanidine groups is 1. The van der Waals surface area contributed by atoms with E-state index in [-0.39, 0.29) is 24.0 Å². The minimum absolute atomic E-state index is 0. The molecule has 1 aromatic rings. The molecule has 0 amide bonds. The van der Waals surface area contributed by atoms with Gasteiger partial charge in [0.2, 0.25) is 0 Å². The second-order valence-corrected chi connectivity index (χ2v) is 6.47. The highest BCUT2D eigenvalue weighted by atomic mass is 127. The number of hydrogen-bond donors (Lipinski definition) is 2. The fourth-order valence-electron chi connectivity index (χ4n) is 2.71. The van der Waals surface area contributed by atoms with Crippen molar-refractivity contribution in [3.8, 4) is 0 Å². The van der Waals surface area contributed by atoms with Gasteiger partial charge in [0.15, 0.2) is 5.96 Å². The molecule has 1 heterocycles. The molecule has 0 aliphatic heterocycles. The predicted octanol–water partition coefficient (Wildman–Crippen LogP) is 2.57. The summed E-state index contributed by atoms with van der Waals surface area (Å²) < 4.78 is 5.09. The summed E-state index contributed by atoms with van der Waals surface area (Å²) >= 11 is 0. The van der Waals surface area contributed by atoms with Gasteiger partial charge in [0.1, 0.15) is 5.82 Å². The summed E-state index contributed by atoms with van der Waals surface area (Å²) in [6.45, 7) is 13.4. The Morgan fingerprint density at radius 1 is 1.14 bits per heavy atom. The smallest absolute Gasteiger partial charge is 0.191 e. The molecule has 0 fully saturated rings. The minimum Gasteiger partial charge on any atom is -0.385 e. The molecule has 0 unspecified atom stereocenters. The Balaban J connectivity index is 0.00000729. The van der Waals surface area contributed by atoms with Gasteiger partial charge >= 0.3 is 0 Å². The molecule has 7 nitrogen and oxygen atoms in total. The van der Waals surface area contributed by atoms with Crippen LogP contribution in [0.2, 0.25) is 0 Å². The average Bonchev–Trinajstić information content (AvgIpc) is 2.68. The maximum atomic E-state index is 5.09. The van der Waals surface area contributed by atoms with Crippen LogP contribution in [0.25, 0.3) is 0 Å². The van der Waals surface area contributed by atoms with E-state index in [1.165, 1.54) is 0 Å². The minimum atomic E-state index is 0. The zero-order valence-corrected chi connectivity index (χ0v) is 20.5. The van der Waals surface area contributed by atoms with E-state index in [1.54, 1.807) is 7.11 Å². The van der Waals surface area contributed by atoms with E-state index < -0.39 is 0 Å². The number of nitrogens with one attached hydrogen (secondary N) is 2. The number of hydrogen-bond acceptors (Lipinski definition) is 5. The number of aromatic nitrogens is 1. The van der Waals surface area contributed by atoms with E-state index in [2.05, 4.69) is 70.4 Å². The fourth-order valence-corrected chi connectivity index (χ4v) is 2.71. The lowest BCUT2D eigenvalue weighted by Crippen LogP contribution is -2.41. The zero-order chi connectivity index (χ0) is 19.9. The van der Waals surface area contributed by atoms with Gasteiger partial charge in [0.25, 0.3) is 0 Å². The summed E-state index contributed by atoms with van der Waals surface area (Å²) in [5.41, 5.74) is 1.11. The Morgan fingerprint density at radius 3 is 2.46 bits per heavy atom. The molecular formula is C20H39IN6O. The topological polar surface area (TPSA) is 65.0 Å². The molecular weight excluding hydrogens is 467 g/mol. The molecule has 0 bridgehead atoms. The van der Waals surface area contributed by atoms with Crippen molar-refractivity contribution >= 4 is 35.8 Å². The highest BCUT2D eigenvalue weighted by Gasteiger charge is 2.04. The van der Waals surface area contributed by atoms with Crippen molar-refractivity contribution in [1.82, 2.24) is 20.5 Å². The Bertz CT molecular complexity index is 522. The number of rotatable bonds is 13. The van der Waals surface area contributed by atoms with Crippen molar-refractivity contribution in [3.63, 3.8) is 0 Å². The van der Waals surface area contributed by atoms with Crippen molar-refractivity contribution in [1.29, 1.82) is 0 Å². The second kappa shape index (κ2) is 16.8. The van der Waals surface area contributed by atoms with Crippen LogP contribution in [0, 0.1) is 0 Å². The molecule has 162 valence electrons. The number of anilines is 1. The van der Waals surface area contributed by atoms with Gasteiger partial charge < -0.3 is 25.2 Å². The molecule has 0 spiro atoms. The van der Waals surface area contributed by atoms with Gasteiger partial charge in [-0.2, -0.15) is 0 Å². The molecule has 0 aromatic carbocycles. The third-order valence-corrected chi connectivity index (χ3v) is 4.33. The molecule has 8 heteroatoms. The summed E-state index contributed by atoms with van der Waals surface area (Å²) in [7, 11) is 3.87. The Kier molecular flexibility index (Phi) is 16.1. The number of nitrogens with zero attached hydrogens (tertiary/aromatic N) is 4. The van der Waals surface area contributed by atoms with E-state index >= 15 is 0 Å². The Labute approximate surface area is 188 Å². The van der Waals surface area contributed by atoms with Gasteiger partial charge in [0, 0.05) is 59.2 Å². The van der Waals surface area contributed by atoms with Gasteiger partial charge in [-0.25, -0.2) is 9.98 Å². The molecule has 1 rings (SSSR count).